The van der Waals surface area contributed by atoms with Crippen LogP contribution in [0.15, 0.2) is 42.5 Å². The molecule has 1 fully saturated rings. The molecule has 4 amide bonds. The van der Waals surface area contributed by atoms with E-state index in [9.17, 15) is 14.4 Å². The highest BCUT2D eigenvalue weighted by atomic mass is 35.5. The van der Waals surface area contributed by atoms with Crippen molar-refractivity contribution in [1.82, 2.24) is 4.90 Å². The molecular weight excluding hydrogens is 389 g/mol. The summed E-state index contributed by atoms with van der Waals surface area (Å²) in [5.41, 5.74) is 1.96. The minimum absolute atomic E-state index is 0.307. The molecule has 6 nitrogen and oxygen atoms in total. The van der Waals surface area contributed by atoms with Crippen molar-refractivity contribution in [2.45, 2.75) is 19.9 Å². The molecule has 2 aromatic carbocycles. The number of nitrogens with zero attached hydrogens (tertiary/aromatic N) is 2. The highest BCUT2D eigenvalue weighted by Gasteiger charge is 2.44. The third kappa shape index (κ3) is 3.91. The van der Waals surface area contributed by atoms with E-state index in [1.807, 2.05) is 19.1 Å². The van der Waals surface area contributed by atoms with Gasteiger partial charge < -0.3 is 5.32 Å². The number of aryl methyl sites for hydroxylation is 1. The number of halogens is 2. The second-order valence-electron chi connectivity index (χ2n) is 6.26. The molecule has 0 spiro atoms. The molecule has 0 radical (unpaired) electrons. The molecule has 0 saturated carbocycles. The normalized spacial score (nSPS) is 16.8. The number of amides is 4. The van der Waals surface area contributed by atoms with Crippen LogP contribution in [0, 0.1) is 6.92 Å². The smallest absolute Gasteiger partial charge is 0.323 e. The van der Waals surface area contributed by atoms with E-state index in [0.29, 0.717) is 21.4 Å². The van der Waals surface area contributed by atoms with Gasteiger partial charge in [-0.25, -0.2) is 4.79 Å². The second kappa shape index (κ2) is 7.58. The van der Waals surface area contributed by atoms with Gasteiger partial charge in [0.25, 0.3) is 5.91 Å². The second-order valence-corrected chi connectivity index (χ2v) is 7.10. The third-order valence-corrected chi connectivity index (χ3v) is 4.83. The fourth-order valence-electron chi connectivity index (χ4n) is 2.84. The van der Waals surface area contributed by atoms with Gasteiger partial charge in [-0.2, -0.15) is 0 Å². The summed E-state index contributed by atoms with van der Waals surface area (Å²) in [6, 6.07) is 10.7. The number of carbonyl (C=O) groups is 3. The summed E-state index contributed by atoms with van der Waals surface area (Å²) in [4.78, 5) is 39.9. The fraction of sp³-hybridized carbons (Fsp3) is 0.211. The monoisotopic (exact) mass is 405 g/mol. The largest absolute Gasteiger partial charge is 0.332 e. The van der Waals surface area contributed by atoms with E-state index in [0.717, 1.165) is 10.5 Å². The van der Waals surface area contributed by atoms with Crippen molar-refractivity contribution in [3.63, 3.8) is 0 Å². The first-order valence-electron chi connectivity index (χ1n) is 8.24. The van der Waals surface area contributed by atoms with E-state index < -0.39 is 30.4 Å². The maximum atomic E-state index is 12.7. The average Bonchev–Trinajstić information content (AvgIpc) is 2.83. The number of hydrogen-bond acceptors (Lipinski definition) is 3. The van der Waals surface area contributed by atoms with Crippen molar-refractivity contribution in [2.75, 3.05) is 16.8 Å². The molecule has 1 atom stereocenters. The summed E-state index contributed by atoms with van der Waals surface area (Å²) in [5.74, 6) is -0.980. The molecule has 0 aliphatic carbocycles. The summed E-state index contributed by atoms with van der Waals surface area (Å²) in [6.07, 6.45) is 0. The van der Waals surface area contributed by atoms with Gasteiger partial charge in [0, 0.05) is 10.7 Å². The van der Waals surface area contributed by atoms with Crippen LogP contribution in [0.1, 0.15) is 12.5 Å². The fourth-order valence-corrected chi connectivity index (χ4v) is 3.17. The molecule has 140 valence electrons. The quantitative estimate of drug-likeness (QED) is 0.778. The summed E-state index contributed by atoms with van der Waals surface area (Å²) >= 11 is 11.9. The molecule has 1 aliphatic rings. The molecule has 3 rings (SSSR count). The van der Waals surface area contributed by atoms with Gasteiger partial charge in [-0.1, -0.05) is 40.9 Å². The topological polar surface area (TPSA) is 69.7 Å². The summed E-state index contributed by atoms with van der Waals surface area (Å²) < 4.78 is 0. The van der Waals surface area contributed by atoms with E-state index in [1.54, 1.807) is 31.2 Å². The Bertz CT molecular complexity index is 915. The zero-order valence-electron chi connectivity index (χ0n) is 14.7. The number of imide groups is 1. The third-order valence-electron chi connectivity index (χ3n) is 4.26. The van der Waals surface area contributed by atoms with Crippen molar-refractivity contribution >= 4 is 52.4 Å². The van der Waals surface area contributed by atoms with Crippen LogP contribution < -0.4 is 10.2 Å². The highest BCUT2D eigenvalue weighted by molar-refractivity contribution is 6.35. The minimum Gasteiger partial charge on any atom is -0.323 e. The van der Waals surface area contributed by atoms with Gasteiger partial charge in [0.15, 0.2) is 0 Å². The minimum atomic E-state index is -0.692. The highest BCUT2D eigenvalue weighted by Crippen LogP contribution is 2.27. The van der Waals surface area contributed by atoms with Gasteiger partial charge >= 0.3 is 6.03 Å². The molecule has 1 heterocycles. The molecular formula is C19H17Cl2N3O3. The van der Waals surface area contributed by atoms with Crippen LogP contribution in [0.5, 0.6) is 0 Å². The molecule has 1 N–H and O–H groups in total. The number of anilines is 2. The maximum Gasteiger partial charge on any atom is 0.332 e. The predicted octanol–water partition coefficient (Wildman–Crippen LogP) is 4.10. The van der Waals surface area contributed by atoms with Gasteiger partial charge in [0.05, 0.1) is 10.7 Å². The van der Waals surface area contributed by atoms with Crippen LogP contribution >= 0.6 is 23.2 Å². The van der Waals surface area contributed by atoms with Gasteiger partial charge in [0.1, 0.15) is 12.6 Å². The lowest BCUT2D eigenvalue weighted by atomic mass is 10.2. The number of nitrogens with one attached hydrogen (secondary N) is 1. The van der Waals surface area contributed by atoms with Crippen molar-refractivity contribution in [3.8, 4) is 0 Å². The van der Waals surface area contributed by atoms with Crippen LogP contribution in [0.3, 0.4) is 0 Å². The number of hydrogen-bond donors (Lipinski definition) is 1. The van der Waals surface area contributed by atoms with E-state index in [4.69, 9.17) is 23.2 Å². The SMILES string of the molecule is Cc1ccc(N2C(=O)N(CC(=O)Nc3cc(Cl)ccc3Cl)C(=O)[C@@H]2C)cc1. The summed E-state index contributed by atoms with van der Waals surface area (Å²) in [6.45, 7) is 3.15. The van der Waals surface area contributed by atoms with E-state index in [2.05, 4.69) is 5.32 Å². The van der Waals surface area contributed by atoms with Crippen molar-refractivity contribution in [3.05, 3.63) is 58.1 Å². The van der Waals surface area contributed by atoms with Crippen molar-refractivity contribution in [1.29, 1.82) is 0 Å². The molecule has 2 aromatic rings. The lowest BCUT2D eigenvalue weighted by Gasteiger charge is -2.19. The molecule has 27 heavy (non-hydrogen) atoms. The Kier molecular flexibility index (Phi) is 5.39. The Morgan fingerprint density at radius 3 is 2.44 bits per heavy atom. The van der Waals surface area contributed by atoms with Gasteiger partial charge in [-0.15, -0.1) is 0 Å². The average molecular weight is 406 g/mol. The Morgan fingerprint density at radius 2 is 1.78 bits per heavy atom. The Balaban J connectivity index is 1.75. The lowest BCUT2D eigenvalue weighted by Crippen LogP contribution is -2.39. The van der Waals surface area contributed by atoms with Gasteiger partial charge in [0.2, 0.25) is 5.91 Å². The Morgan fingerprint density at radius 1 is 1.11 bits per heavy atom. The molecule has 0 unspecified atom stereocenters. The predicted molar refractivity (Wildman–Crippen MR) is 105 cm³/mol. The van der Waals surface area contributed by atoms with Crippen molar-refractivity contribution in [2.24, 2.45) is 0 Å². The van der Waals surface area contributed by atoms with Crippen molar-refractivity contribution < 1.29 is 14.4 Å². The van der Waals surface area contributed by atoms with Crippen LogP contribution in [-0.2, 0) is 9.59 Å². The van der Waals surface area contributed by atoms with Gasteiger partial charge in [-0.05, 0) is 44.2 Å². The standard InChI is InChI=1S/C19H17Cl2N3O3/c1-11-3-6-14(7-4-11)24-12(2)18(26)23(19(24)27)10-17(25)22-16-9-13(20)5-8-15(16)21/h3-9,12H,10H2,1-2H3,(H,22,25)/t12-/m0/s1. The zero-order valence-corrected chi connectivity index (χ0v) is 16.2. The van der Waals surface area contributed by atoms with E-state index >= 15 is 0 Å². The first-order chi connectivity index (χ1) is 12.8. The molecule has 1 saturated heterocycles. The number of carbonyl (C=O) groups excluding carboxylic acids is 3. The van der Waals surface area contributed by atoms with Crippen LogP contribution in [0.2, 0.25) is 10.0 Å². The lowest BCUT2D eigenvalue weighted by molar-refractivity contribution is -0.130. The summed E-state index contributed by atoms with van der Waals surface area (Å²) in [7, 11) is 0. The molecule has 1 aliphatic heterocycles. The molecule has 8 heteroatoms. The molecule has 0 aromatic heterocycles. The number of benzene rings is 2. The Labute approximate surface area is 166 Å². The van der Waals surface area contributed by atoms with Crippen LogP contribution in [0.4, 0.5) is 16.2 Å². The van der Waals surface area contributed by atoms with Gasteiger partial charge in [-0.3, -0.25) is 19.4 Å². The number of rotatable bonds is 4. The first-order valence-corrected chi connectivity index (χ1v) is 8.99. The first kappa shape index (κ1) is 19.2. The Hall–Kier alpha value is -2.57. The van der Waals surface area contributed by atoms with Crippen LogP contribution in [-0.4, -0.2) is 35.3 Å². The molecule has 0 bridgehead atoms. The van der Waals surface area contributed by atoms with E-state index in [-0.39, 0.29) is 0 Å². The number of urea groups is 1. The maximum absolute atomic E-state index is 12.7. The van der Waals surface area contributed by atoms with Crippen LogP contribution in [0.25, 0.3) is 0 Å². The zero-order chi connectivity index (χ0) is 19.7. The summed E-state index contributed by atoms with van der Waals surface area (Å²) in [5, 5.41) is 3.29. The van der Waals surface area contributed by atoms with E-state index in [1.165, 1.54) is 11.0 Å².